The molecule has 2 fully saturated rings. The van der Waals surface area contributed by atoms with Crippen LogP contribution in [-0.2, 0) is 4.74 Å². The van der Waals surface area contributed by atoms with Crippen molar-refractivity contribution in [3.8, 4) is 0 Å². The fourth-order valence-corrected chi connectivity index (χ4v) is 3.21. The van der Waals surface area contributed by atoms with E-state index in [1.807, 2.05) is 7.05 Å². The van der Waals surface area contributed by atoms with Crippen molar-refractivity contribution in [2.45, 2.75) is 57.7 Å². The molecule has 0 aromatic heterocycles. The van der Waals surface area contributed by atoms with Crippen molar-refractivity contribution in [1.82, 2.24) is 15.5 Å². The first-order valence-corrected chi connectivity index (χ1v) is 8.01. The van der Waals surface area contributed by atoms with Gasteiger partial charge in [-0.25, -0.2) is 0 Å². The second-order valence-corrected chi connectivity index (χ2v) is 6.09. The molecule has 6 heteroatoms. The van der Waals surface area contributed by atoms with Gasteiger partial charge < -0.3 is 15.4 Å². The van der Waals surface area contributed by atoms with Crippen molar-refractivity contribution < 1.29 is 4.74 Å². The molecule has 2 rings (SSSR count). The highest BCUT2D eigenvalue weighted by Crippen LogP contribution is 2.17. The fraction of sp³-hybridized carbons (Fsp3) is 0.933. The summed E-state index contributed by atoms with van der Waals surface area (Å²) in [6.45, 7) is 8.16. The molecule has 2 N–H and O–H groups in total. The summed E-state index contributed by atoms with van der Waals surface area (Å²) >= 11 is 0. The minimum absolute atomic E-state index is 0. The number of nitrogens with zero attached hydrogens (tertiary/aromatic N) is 2. The van der Waals surface area contributed by atoms with Gasteiger partial charge >= 0.3 is 0 Å². The van der Waals surface area contributed by atoms with Crippen LogP contribution in [0.2, 0.25) is 0 Å². The first-order chi connectivity index (χ1) is 9.70. The molecule has 2 atom stereocenters. The third-order valence-corrected chi connectivity index (χ3v) is 4.47. The predicted molar refractivity (Wildman–Crippen MR) is 98.6 cm³/mol. The molecule has 2 aliphatic rings. The van der Waals surface area contributed by atoms with E-state index in [4.69, 9.17) is 4.74 Å². The van der Waals surface area contributed by atoms with E-state index >= 15 is 0 Å². The van der Waals surface area contributed by atoms with Crippen molar-refractivity contribution in [3.63, 3.8) is 0 Å². The van der Waals surface area contributed by atoms with Gasteiger partial charge in [0.25, 0.3) is 0 Å². The van der Waals surface area contributed by atoms with Gasteiger partial charge in [-0.1, -0.05) is 12.8 Å². The minimum atomic E-state index is 0. The molecule has 0 amide bonds. The Hall–Kier alpha value is -0.0800. The van der Waals surface area contributed by atoms with Crippen LogP contribution in [0.5, 0.6) is 0 Å². The summed E-state index contributed by atoms with van der Waals surface area (Å²) in [5, 5.41) is 7.00. The average Bonchev–Trinajstić information content (AvgIpc) is 2.96. The molecule has 124 valence electrons. The summed E-state index contributed by atoms with van der Waals surface area (Å²) < 4.78 is 5.50. The van der Waals surface area contributed by atoms with Gasteiger partial charge in [-0.3, -0.25) is 9.89 Å². The first-order valence-electron chi connectivity index (χ1n) is 8.01. The number of morpholine rings is 1. The summed E-state index contributed by atoms with van der Waals surface area (Å²) in [7, 11) is 1.85. The summed E-state index contributed by atoms with van der Waals surface area (Å²) in [6.07, 6.45) is 5.24. The molecule has 1 saturated heterocycles. The van der Waals surface area contributed by atoms with E-state index in [0.29, 0.717) is 18.1 Å². The number of halogens is 1. The zero-order valence-corrected chi connectivity index (χ0v) is 15.9. The summed E-state index contributed by atoms with van der Waals surface area (Å²) in [4.78, 5) is 6.85. The smallest absolute Gasteiger partial charge is 0.191 e. The number of rotatable bonds is 4. The maximum atomic E-state index is 5.50. The Morgan fingerprint density at radius 3 is 2.71 bits per heavy atom. The summed E-state index contributed by atoms with van der Waals surface area (Å²) in [5.74, 6) is 0.949. The molecule has 1 aliphatic carbocycles. The van der Waals surface area contributed by atoms with Crippen LogP contribution in [0.15, 0.2) is 4.99 Å². The molecule has 1 aliphatic heterocycles. The lowest BCUT2D eigenvalue weighted by Crippen LogP contribution is -2.53. The molecule has 0 spiro atoms. The normalized spacial score (nSPS) is 26.2. The highest BCUT2D eigenvalue weighted by Gasteiger charge is 2.24. The Labute approximate surface area is 146 Å². The minimum Gasteiger partial charge on any atom is -0.379 e. The van der Waals surface area contributed by atoms with Crippen molar-refractivity contribution in [1.29, 1.82) is 0 Å². The molecule has 0 bridgehead atoms. The van der Waals surface area contributed by atoms with Crippen molar-refractivity contribution in [3.05, 3.63) is 0 Å². The van der Waals surface area contributed by atoms with Gasteiger partial charge in [0.1, 0.15) is 0 Å². The third kappa shape index (κ3) is 5.90. The number of hydrogen-bond donors (Lipinski definition) is 2. The first kappa shape index (κ1) is 19.0. The number of nitrogens with one attached hydrogen (secondary N) is 2. The number of ether oxygens (including phenoxy) is 1. The quantitative estimate of drug-likeness (QED) is 0.422. The van der Waals surface area contributed by atoms with Crippen LogP contribution >= 0.6 is 24.0 Å². The Morgan fingerprint density at radius 2 is 2.10 bits per heavy atom. The van der Waals surface area contributed by atoms with Gasteiger partial charge in [-0.2, -0.15) is 0 Å². The molecule has 0 aromatic rings. The standard InChI is InChI=1S/C15H30N4O.HI/c1-12(19-8-9-20-11-13(19)2)10-17-15(16-3)18-14-6-4-5-7-14;/h12-14H,4-11H2,1-3H3,(H2,16,17,18);1H. The molecule has 1 saturated carbocycles. The predicted octanol–water partition coefficient (Wildman–Crippen LogP) is 1.82. The van der Waals surface area contributed by atoms with Crippen molar-refractivity contribution in [2.24, 2.45) is 4.99 Å². The van der Waals surface area contributed by atoms with Gasteiger partial charge in [0, 0.05) is 38.3 Å². The van der Waals surface area contributed by atoms with E-state index in [1.165, 1.54) is 25.7 Å². The second kappa shape index (κ2) is 9.84. The molecule has 21 heavy (non-hydrogen) atoms. The maximum absolute atomic E-state index is 5.50. The van der Waals surface area contributed by atoms with Crippen LogP contribution in [0.25, 0.3) is 0 Å². The van der Waals surface area contributed by atoms with Crippen molar-refractivity contribution in [2.75, 3.05) is 33.4 Å². The molecule has 0 radical (unpaired) electrons. The van der Waals surface area contributed by atoms with Gasteiger partial charge in [0.2, 0.25) is 0 Å². The van der Waals surface area contributed by atoms with Gasteiger partial charge in [-0.15, -0.1) is 24.0 Å². The van der Waals surface area contributed by atoms with Crippen LogP contribution in [0.3, 0.4) is 0 Å². The molecule has 0 aromatic carbocycles. The lowest BCUT2D eigenvalue weighted by Gasteiger charge is -2.38. The Balaban J connectivity index is 0.00000220. The molecular weight excluding hydrogens is 379 g/mol. The van der Waals surface area contributed by atoms with Gasteiger partial charge in [0.15, 0.2) is 5.96 Å². The number of hydrogen-bond acceptors (Lipinski definition) is 3. The third-order valence-electron chi connectivity index (χ3n) is 4.47. The Bertz CT molecular complexity index is 321. The number of guanidine groups is 1. The fourth-order valence-electron chi connectivity index (χ4n) is 3.21. The highest BCUT2D eigenvalue weighted by molar-refractivity contribution is 14.0. The van der Waals surface area contributed by atoms with Gasteiger partial charge in [0.05, 0.1) is 13.2 Å². The zero-order valence-electron chi connectivity index (χ0n) is 13.6. The van der Waals surface area contributed by atoms with E-state index in [-0.39, 0.29) is 24.0 Å². The molecule has 2 unspecified atom stereocenters. The topological polar surface area (TPSA) is 48.9 Å². The number of aliphatic imine (C=N–C) groups is 1. The van der Waals surface area contributed by atoms with Crippen LogP contribution in [0.1, 0.15) is 39.5 Å². The SMILES string of the molecule is CN=C(NCC(C)N1CCOCC1C)NC1CCCC1.I. The molecule has 1 heterocycles. The Kier molecular flexibility index (Phi) is 8.89. The Morgan fingerprint density at radius 1 is 1.38 bits per heavy atom. The van der Waals surface area contributed by atoms with E-state index < -0.39 is 0 Å². The molecular formula is C15H31IN4O. The van der Waals surface area contributed by atoms with Crippen LogP contribution in [-0.4, -0.2) is 62.3 Å². The van der Waals surface area contributed by atoms with E-state index in [1.54, 1.807) is 0 Å². The van der Waals surface area contributed by atoms with Crippen LogP contribution in [0, 0.1) is 0 Å². The lowest BCUT2D eigenvalue weighted by atomic mass is 10.2. The molecule has 5 nitrogen and oxygen atoms in total. The second-order valence-electron chi connectivity index (χ2n) is 6.09. The highest BCUT2D eigenvalue weighted by atomic mass is 127. The van der Waals surface area contributed by atoms with Crippen LogP contribution in [0.4, 0.5) is 0 Å². The van der Waals surface area contributed by atoms with Crippen molar-refractivity contribution >= 4 is 29.9 Å². The largest absolute Gasteiger partial charge is 0.379 e. The maximum Gasteiger partial charge on any atom is 0.191 e. The zero-order chi connectivity index (χ0) is 14.4. The van der Waals surface area contributed by atoms with E-state index in [9.17, 15) is 0 Å². The van der Waals surface area contributed by atoms with E-state index in [2.05, 4.69) is 34.4 Å². The average molecular weight is 410 g/mol. The van der Waals surface area contributed by atoms with E-state index in [0.717, 1.165) is 32.3 Å². The monoisotopic (exact) mass is 410 g/mol. The summed E-state index contributed by atoms with van der Waals surface area (Å²) in [5.41, 5.74) is 0. The lowest BCUT2D eigenvalue weighted by molar-refractivity contribution is -0.0174. The van der Waals surface area contributed by atoms with Gasteiger partial charge in [-0.05, 0) is 26.7 Å². The summed E-state index contributed by atoms with van der Waals surface area (Å²) in [6, 6.07) is 1.61. The van der Waals surface area contributed by atoms with Crippen LogP contribution < -0.4 is 10.6 Å².